The van der Waals surface area contributed by atoms with Gasteiger partial charge >= 0.3 is 5.97 Å². The molecule has 2 aromatic rings. The van der Waals surface area contributed by atoms with Crippen LogP contribution in [0.1, 0.15) is 28.4 Å². The van der Waals surface area contributed by atoms with Gasteiger partial charge in [0.2, 0.25) is 0 Å². The largest absolute Gasteiger partial charge is 0.467 e. The van der Waals surface area contributed by atoms with Crippen LogP contribution in [0.5, 0.6) is 5.75 Å². The molecule has 24 heavy (non-hydrogen) atoms. The Kier molecular flexibility index (Phi) is 5.66. The van der Waals surface area contributed by atoms with E-state index in [0.29, 0.717) is 29.6 Å². The monoisotopic (exact) mass is 364 g/mol. The summed E-state index contributed by atoms with van der Waals surface area (Å²) in [5.41, 5.74) is 2.36. The zero-order valence-corrected chi connectivity index (χ0v) is 14.8. The van der Waals surface area contributed by atoms with Crippen LogP contribution in [0.4, 0.5) is 0 Å². The molecule has 0 fully saturated rings. The van der Waals surface area contributed by atoms with Crippen LogP contribution in [0.3, 0.4) is 0 Å². The number of ether oxygens (including phenoxy) is 3. The molecule has 1 heterocycles. The predicted molar refractivity (Wildman–Crippen MR) is 93.7 cm³/mol. The maximum atomic E-state index is 12.1. The summed E-state index contributed by atoms with van der Waals surface area (Å²) >= 11 is 7.57. The minimum Gasteiger partial charge on any atom is -0.467 e. The number of rotatable bonds is 5. The molecule has 3 rings (SSSR count). The number of halogens is 1. The van der Waals surface area contributed by atoms with Crippen molar-refractivity contribution >= 4 is 29.3 Å². The number of carbonyl (C=O) groups is 1. The van der Waals surface area contributed by atoms with Crippen LogP contribution in [-0.2, 0) is 21.8 Å². The van der Waals surface area contributed by atoms with Gasteiger partial charge in [-0.3, -0.25) is 0 Å². The molecule has 0 aliphatic carbocycles. The third-order valence-electron chi connectivity index (χ3n) is 3.51. The second-order valence-corrected chi connectivity index (χ2v) is 6.68. The Morgan fingerprint density at radius 3 is 2.83 bits per heavy atom. The van der Waals surface area contributed by atoms with E-state index in [1.807, 2.05) is 30.3 Å². The van der Waals surface area contributed by atoms with Crippen molar-refractivity contribution in [2.24, 2.45) is 0 Å². The number of thioether (sulfide) groups is 1. The summed E-state index contributed by atoms with van der Waals surface area (Å²) in [5, 5.41) is 0.710. The first kappa shape index (κ1) is 17.1. The quantitative estimate of drug-likeness (QED) is 0.569. The van der Waals surface area contributed by atoms with Crippen molar-refractivity contribution in [1.29, 1.82) is 0 Å². The molecule has 0 unspecified atom stereocenters. The SMILES string of the molecule is CCOC(=O)c1cc2c(c(CSc3ccc(Cl)cc3)c1)OCOC2. The molecule has 0 aromatic heterocycles. The van der Waals surface area contributed by atoms with E-state index < -0.39 is 0 Å². The number of benzene rings is 2. The van der Waals surface area contributed by atoms with Gasteiger partial charge in [-0.05, 0) is 43.3 Å². The summed E-state index contributed by atoms with van der Waals surface area (Å²) in [7, 11) is 0. The average Bonchev–Trinajstić information content (AvgIpc) is 2.61. The van der Waals surface area contributed by atoms with E-state index in [-0.39, 0.29) is 12.8 Å². The van der Waals surface area contributed by atoms with Gasteiger partial charge in [-0.25, -0.2) is 4.79 Å². The van der Waals surface area contributed by atoms with Crippen molar-refractivity contribution in [3.63, 3.8) is 0 Å². The highest BCUT2D eigenvalue weighted by atomic mass is 35.5. The second kappa shape index (κ2) is 7.92. The maximum Gasteiger partial charge on any atom is 0.338 e. The van der Waals surface area contributed by atoms with E-state index in [1.54, 1.807) is 24.8 Å². The molecule has 0 amide bonds. The fourth-order valence-electron chi connectivity index (χ4n) is 2.43. The highest BCUT2D eigenvalue weighted by molar-refractivity contribution is 7.98. The number of esters is 1. The van der Waals surface area contributed by atoms with E-state index in [9.17, 15) is 4.79 Å². The van der Waals surface area contributed by atoms with Crippen molar-refractivity contribution in [1.82, 2.24) is 0 Å². The van der Waals surface area contributed by atoms with Crippen molar-refractivity contribution in [2.45, 2.75) is 24.2 Å². The van der Waals surface area contributed by atoms with Gasteiger partial charge in [0.05, 0.1) is 18.8 Å². The van der Waals surface area contributed by atoms with Crippen molar-refractivity contribution in [3.8, 4) is 5.75 Å². The molecule has 126 valence electrons. The summed E-state index contributed by atoms with van der Waals surface area (Å²) in [6.07, 6.45) is 0. The van der Waals surface area contributed by atoms with Crippen LogP contribution in [0, 0.1) is 0 Å². The predicted octanol–water partition coefficient (Wildman–Crippen LogP) is 4.68. The zero-order chi connectivity index (χ0) is 16.9. The lowest BCUT2D eigenvalue weighted by Crippen LogP contribution is -2.15. The smallest absolute Gasteiger partial charge is 0.338 e. The number of fused-ring (bicyclic) bond motifs is 1. The van der Waals surface area contributed by atoms with E-state index >= 15 is 0 Å². The summed E-state index contributed by atoms with van der Waals surface area (Å²) in [4.78, 5) is 13.2. The molecule has 6 heteroatoms. The van der Waals surface area contributed by atoms with Gasteiger partial charge in [-0.1, -0.05) is 11.6 Å². The van der Waals surface area contributed by atoms with E-state index in [0.717, 1.165) is 21.8 Å². The Balaban J connectivity index is 1.85. The number of carbonyl (C=O) groups excluding carboxylic acids is 1. The van der Waals surface area contributed by atoms with Gasteiger partial charge in [0.1, 0.15) is 5.75 Å². The van der Waals surface area contributed by atoms with Crippen LogP contribution in [-0.4, -0.2) is 19.4 Å². The zero-order valence-electron chi connectivity index (χ0n) is 13.2. The summed E-state index contributed by atoms with van der Waals surface area (Å²) in [5.74, 6) is 1.15. The van der Waals surface area contributed by atoms with Gasteiger partial charge in [-0.15, -0.1) is 11.8 Å². The van der Waals surface area contributed by atoms with E-state index in [2.05, 4.69) is 0 Å². The molecule has 0 N–H and O–H groups in total. The molecule has 1 aliphatic heterocycles. The Morgan fingerprint density at radius 2 is 2.08 bits per heavy atom. The lowest BCUT2D eigenvalue weighted by molar-refractivity contribution is -0.0169. The molecule has 0 bridgehead atoms. The van der Waals surface area contributed by atoms with Crippen molar-refractivity contribution < 1.29 is 19.0 Å². The summed E-state index contributed by atoms with van der Waals surface area (Å²) in [6.45, 7) is 2.79. The molecular formula is C18H17ClO4S. The van der Waals surface area contributed by atoms with Crippen molar-refractivity contribution in [3.05, 3.63) is 58.1 Å². The Bertz CT molecular complexity index is 731. The molecule has 0 saturated heterocycles. The maximum absolute atomic E-state index is 12.1. The van der Waals surface area contributed by atoms with Crippen LogP contribution in [0.15, 0.2) is 41.3 Å². The molecular weight excluding hydrogens is 348 g/mol. The van der Waals surface area contributed by atoms with Crippen LogP contribution >= 0.6 is 23.4 Å². The number of hydrogen-bond donors (Lipinski definition) is 0. The minimum atomic E-state index is -0.330. The van der Waals surface area contributed by atoms with Crippen molar-refractivity contribution in [2.75, 3.05) is 13.4 Å². The first-order valence-corrected chi connectivity index (χ1v) is 8.95. The lowest BCUT2D eigenvalue weighted by atomic mass is 10.0. The Labute approximate surface area is 150 Å². The van der Waals surface area contributed by atoms with Crippen LogP contribution < -0.4 is 4.74 Å². The normalized spacial score (nSPS) is 13.1. The molecule has 2 aromatic carbocycles. The summed E-state index contributed by atoms with van der Waals surface area (Å²) in [6, 6.07) is 11.3. The van der Waals surface area contributed by atoms with Gasteiger partial charge in [0.15, 0.2) is 6.79 Å². The average molecular weight is 365 g/mol. The standard InChI is InChI=1S/C18H17ClO4S/c1-2-22-18(20)12-7-13-9-21-11-23-17(13)14(8-12)10-24-16-5-3-15(19)4-6-16/h3-8H,2,9-11H2,1H3. The Morgan fingerprint density at radius 1 is 1.29 bits per heavy atom. The van der Waals surface area contributed by atoms with Gasteiger partial charge in [0.25, 0.3) is 0 Å². The van der Waals surface area contributed by atoms with Crippen LogP contribution in [0.25, 0.3) is 0 Å². The fraction of sp³-hybridized carbons (Fsp3) is 0.278. The molecule has 0 spiro atoms. The molecule has 0 saturated carbocycles. The second-order valence-electron chi connectivity index (χ2n) is 5.20. The highest BCUT2D eigenvalue weighted by Gasteiger charge is 2.20. The summed E-state index contributed by atoms with van der Waals surface area (Å²) < 4.78 is 16.1. The third-order valence-corrected chi connectivity index (χ3v) is 4.82. The lowest BCUT2D eigenvalue weighted by Gasteiger charge is -2.21. The molecule has 0 atom stereocenters. The third kappa shape index (κ3) is 4.04. The first-order valence-electron chi connectivity index (χ1n) is 7.59. The van der Waals surface area contributed by atoms with Crippen LogP contribution in [0.2, 0.25) is 5.02 Å². The highest BCUT2D eigenvalue weighted by Crippen LogP contribution is 2.34. The van der Waals surface area contributed by atoms with Gasteiger partial charge in [0, 0.05) is 26.8 Å². The van der Waals surface area contributed by atoms with E-state index in [1.165, 1.54) is 0 Å². The first-order chi connectivity index (χ1) is 11.7. The van der Waals surface area contributed by atoms with E-state index in [4.69, 9.17) is 25.8 Å². The minimum absolute atomic E-state index is 0.227. The van der Waals surface area contributed by atoms with Gasteiger partial charge in [-0.2, -0.15) is 0 Å². The topological polar surface area (TPSA) is 44.8 Å². The molecule has 0 radical (unpaired) electrons. The molecule has 1 aliphatic rings. The molecule has 4 nitrogen and oxygen atoms in total. The fourth-order valence-corrected chi connectivity index (χ4v) is 3.42. The Hall–Kier alpha value is -1.69. The number of hydrogen-bond acceptors (Lipinski definition) is 5. The van der Waals surface area contributed by atoms with Gasteiger partial charge < -0.3 is 14.2 Å².